The predicted octanol–water partition coefficient (Wildman–Crippen LogP) is 3.36. The van der Waals surface area contributed by atoms with E-state index in [1.54, 1.807) is 0 Å². The van der Waals surface area contributed by atoms with E-state index in [4.69, 9.17) is 6.42 Å². The second-order valence-corrected chi connectivity index (χ2v) is 4.67. The van der Waals surface area contributed by atoms with Crippen molar-refractivity contribution >= 4 is 0 Å². The molecule has 98 valence electrons. The van der Waals surface area contributed by atoms with Crippen LogP contribution in [0.2, 0.25) is 0 Å². The normalized spacial score (nSPS) is 27.5. The molecule has 0 saturated heterocycles. The summed E-state index contributed by atoms with van der Waals surface area (Å²) in [4.78, 5) is 0. The van der Waals surface area contributed by atoms with E-state index in [1.807, 2.05) is 6.92 Å². The van der Waals surface area contributed by atoms with E-state index in [-0.39, 0.29) is 18.4 Å². The Bertz CT molecular complexity index is 267. The smallest absolute Gasteiger partial charge is 0.313 e. The van der Waals surface area contributed by atoms with E-state index >= 15 is 0 Å². The molecular weight excluding hydrogens is 227 g/mol. The number of terminal acetylenes is 1. The zero-order valence-corrected chi connectivity index (χ0v) is 10.2. The van der Waals surface area contributed by atoms with Crippen LogP contribution in [0.15, 0.2) is 0 Å². The van der Waals surface area contributed by atoms with Gasteiger partial charge in [0.25, 0.3) is 0 Å². The molecular formula is C13H20F3N. The maximum atomic E-state index is 13.0. The Hall–Kier alpha value is -0.690. The highest BCUT2D eigenvalue weighted by atomic mass is 19.4. The van der Waals surface area contributed by atoms with Crippen molar-refractivity contribution in [2.45, 2.75) is 51.2 Å². The minimum absolute atomic E-state index is 0.197. The van der Waals surface area contributed by atoms with Gasteiger partial charge in [-0.05, 0) is 25.3 Å². The largest absolute Gasteiger partial charge is 0.392 e. The summed E-state index contributed by atoms with van der Waals surface area (Å²) in [6, 6.07) is -0.197. The summed E-state index contributed by atoms with van der Waals surface area (Å²) in [5.41, 5.74) is 0. The summed E-state index contributed by atoms with van der Waals surface area (Å²) in [5, 5.41) is 3.11. The topological polar surface area (TPSA) is 12.0 Å². The molecule has 0 aromatic heterocycles. The van der Waals surface area contributed by atoms with Crippen LogP contribution in [0.1, 0.15) is 39.0 Å². The van der Waals surface area contributed by atoms with Gasteiger partial charge in [-0.15, -0.1) is 12.3 Å². The number of hydrogen-bond donors (Lipinski definition) is 1. The molecule has 4 heteroatoms. The standard InChI is InChI=1S/C13H20F3N/c1-3-7-12(17-4-2)10-8-5-6-9-11(10)13(14,15)16/h1,10-12,17H,4-9H2,2H3. The Kier molecular flexibility index (Phi) is 5.32. The number of nitrogens with one attached hydrogen (secondary N) is 1. The summed E-state index contributed by atoms with van der Waals surface area (Å²) in [6.45, 7) is 2.56. The lowest BCUT2D eigenvalue weighted by Crippen LogP contribution is -2.45. The minimum atomic E-state index is -4.09. The Balaban J connectivity index is 2.78. The van der Waals surface area contributed by atoms with Crippen LogP contribution in [-0.2, 0) is 0 Å². The second kappa shape index (κ2) is 6.30. The van der Waals surface area contributed by atoms with Crippen molar-refractivity contribution in [2.75, 3.05) is 6.54 Å². The molecule has 3 atom stereocenters. The molecule has 17 heavy (non-hydrogen) atoms. The summed E-state index contributed by atoms with van der Waals surface area (Å²) in [5.74, 6) is 0.944. The first-order valence-electron chi connectivity index (χ1n) is 6.24. The molecule has 0 aliphatic heterocycles. The lowest BCUT2D eigenvalue weighted by atomic mass is 9.74. The molecule has 0 amide bonds. The highest BCUT2D eigenvalue weighted by molar-refractivity contribution is 4.96. The van der Waals surface area contributed by atoms with Gasteiger partial charge in [0.1, 0.15) is 0 Å². The predicted molar refractivity (Wildman–Crippen MR) is 62.4 cm³/mol. The number of rotatable bonds is 4. The average molecular weight is 247 g/mol. The van der Waals surface area contributed by atoms with Crippen molar-refractivity contribution in [2.24, 2.45) is 11.8 Å². The molecule has 0 aromatic carbocycles. The van der Waals surface area contributed by atoms with Gasteiger partial charge in [0, 0.05) is 12.5 Å². The fourth-order valence-corrected chi connectivity index (χ4v) is 2.81. The summed E-state index contributed by atoms with van der Waals surface area (Å²) in [6.07, 6.45) is 3.97. The van der Waals surface area contributed by atoms with Crippen molar-refractivity contribution in [3.05, 3.63) is 0 Å². The lowest BCUT2D eigenvalue weighted by Gasteiger charge is -2.37. The first-order valence-corrected chi connectivity index (χ1v) is 6.24. The number of halogens is 3. The zero-order chi connectivity index (χ0) is 12.9. The van der Waals surface area contributed by atoms with E-state index in [1.165, 1.54) is 0 Å². The third-order valence-electron chi connectivity index (χ3n) is 3.56. The van der Waals surface area contributed by atoms with Gasteiger partial charge in [0.2, 0.25) is 0 Å². The Morgan fingerprint density at radius 1 is 1.35 bits per heavy atom. The van der Waals surface area contributed by atoms with Crippen LogP contribution >= 0.6 is 0 Å². The number of hydrogen-bond acceptors (Lipinski definition) is 1. The van der Waals surface area contributed by atoms with E-state index in [0.29, 0.717) is 25.8 Å². The maximum Gasteiger partial charge on any atom is 0.392 e. The molecule has 1 aliphatic carbocycles. The van der Waals surface area contributed by atoms with Gasteiger partial charge in [-0.2, -0.15) is 13.2 Å². The van der Waals surface area contributed by atoms with E-state index in [9.17, 15) is 13.2 Å². The van der Waals surface area contributed by atoms with Gasteiger partial charge >= 0.3 is 6.18 Å². The molecule has 0 spiro atoms. The van der Waals surface area contributed by atoms with Crippen LogP contribution in [0.5, 0.6) is 0 Å². The highest BCUT2D eigenvalue weighted by Crippen LogP contribution is 2.43. The van der Waals surface area contributed by atoms with Gasteiger partial charge in [0.05, 0.1) is 5.92 Å². The van der Waals surface area contributed by atoms with Crippen LogP contribution in [-0.4, -0.2) is 18.8 Å². The average Bonchev–Trinajstić information content (AvgIpc) is 2.28. The van der Waals surface area contributed by atoms with Gasteiger partial charge in [0.15, 0.2) is 0 Å². The summed E-state index contributed by atoms with van der Waals surface area (Å²) >= 11 is 0. The summed E-state index contributed by atoms with van der Waals surface area (Å²) < 4.78 is 38.9. The monoisotopic (exact) mass is 247 g/mol. The van der Waals surface area contributed by atoms with Crippen LogP contribution in [0.25, 0.3) is 0 Å². The maximum absolute atomic E-state index is 13.0. The summed E-state index contributed by atoms with van der Waals surface area (Å²) in [7, 11) is 0. The number of alkyl halides is 3. The van der Waals surface area contributed by atoms with Gasteiger partial charge in [-0.25, -0.2) is 0 Å². The Morgan fingerprint density at radius 3 is 2.53 bits per heavy atom. The van der Waals surface area contributed by atoms with Gasteiger partial charge < -0.3 is 5.32 Å². The molecule has 0 bridgehead atoms. The molecule has 1 aliphatic rings. The molecule has 1 N–H and O–H groups in total. The van der Waals surface area contributed by atoms with Crippen molar-refractivity contribution < 1.29 is 13.2 Å². The molecule has 1 rings (SSSR count). The van der Waals surface area contributed by atoms with Crippen molar-refractivity contribution in [1.29, 1.82) is 0 Å². The SMILES string of the molecule is C#CCC(NCC)C1CCCCC1C(F)(F)F. The molecule has 3 unspecified atom stereocenters. The minimum Gasteiger partial charge on any atom is -0.313 e. The zero-order valence-electron chi connectivity index (χ0n) is 10.2. The van der Waals surface area contributed by atoms with Crippen LogP contribution in [0.4, 0.5) is 13.2 Å². The van der Waals surface area contributed by atoms with Crippen LogP contribution < -0.4 is 5.32 Å². The second-order valence-electron chi connectivity index (χ2n) is 4.67. The molecule has 0 aromatic rings. The van der Waals surface area contributed by atoms with E-state index in [0.717, 1.165) is 6.42 Å². The highest BCUT2D eigenvalue weighted by Gasteiger charge is 2.47. The molecule has 1 fully saturated rings. The molecule has 1 nitrogen and oxygen atoms in total. The van der Waals surface area contributed by atoms with E-state index in [2.05, 4.69) is 11.2 Å². The first kappa shape index (κ1) is 14.4. The quantitative estimate of drug-likeness (QED) is 0.751. The fourth-order valence-electron chi connectivity index (χ4n) is 2.81. The van der Waals surface area contributed by atoms with Gasteiger partial charge in [-0.1, -0.05) is 19.8 Å². The van der Waals surface area contributed by atoms with E-state index < -0.39 is 12.1 Å². The van der Waals surface area contributed by atoms with Crippen LogP contribution in [0, 0.1) is 24.2 Å². The first-order chi connectivity index (χ1) is 8.00. The van der Waals surface area contributed by atoms with Crippen molar-refractivity contribution in [3.8, 4) is 12.3 Å². The lowest BCUT2D eigenvalue weighted by molar-refractivity contribution is -0.199. The molecule has 1 saturated carbocycles. The van der Waals surface area contributed by atoms with Crippen LogP contribution in [0.3, 0.4) is 0 Å². The van der Waals surface area contributed by atoms with Crippen molar-refractivity contribution in [3.63, 3.8) is 0 Å². The third-order valence-corrected chi connectivity index (χ3v) is 3.56. The molecule has 0 radical (unpaired) electrons. The molecule has 0 heterocycles. The Morgan fingerprint density at radius 2 is 2.00 bits per heavy atom. The Labute approximate surface area is 101 Å². The third kappa shape index (κ3) is 3.92. The van der Waals surface area contributed by atoms with Crippen molar-refractivity contribution in [1.82, 2.24) is 5.32 Å². The van der Waals surface area contributed by atoms with Gasteiger partial charge in [-0.3, -0.25) is 0 Å². The fraction of sp³-hybridized carbons (Fsp3) is 0.846.